The van der Waals surface area contributed by atoms with E-state index in [0.717, 1.165) is 54.1 Å². The molecule has 188 valence electrons. The fourth-order valence-electron chi connectivity index (χ4n) is 4.88. The second-order valence-electron chi connectivity index (χ2n) is 9.24. The summed E-state index contributed by atoms with van der Waals surface area (Å²) in [6.45, 7) is 1.66. The summed E-state index contributed by atoms with van der Waals surface area (Å²) in [5.41, 5.74) is 5.13. The second-order valence-corrected chi connectivity index (χ2v) is 9.24. The molecule has 0 saturated carbocycles. The molecule has 2 aromatic carbocycles. The molecule has 0 radical (unpaired) electrons. The minimum absolute atomic E-state index is 0. The number of carbonyl (C=O) groups excluding carboxylic acids is 1. The van der Waals surface area contributed by atoms with Crippen molar-refractivity contribution in [3.63, 3.8) is 0 Å². The number of nitrogens with zero attached hydrogens (tertiary/aromatic N) is 4. The molecule has 7 nitrogen and oxygen atoms in total. The number of hydrogen-bond acceptors (Lipinski definition) is 5. The highest BCUT2D eigenvalue weighted by Crippen LogP contribution is 2.29. The van der Waals surface area contributed by atoms with Gasteiger partial charge in [-0.25, -0.2) is 9.97 Å². The molecule has 0 bridgehead atoms. The Morgan fingerprint density at radius 1 is 0.972 bits per heavy atom. The number of hydrogen-bond donors (Lipinski definition) is 0. The van der Waals surface area contributed by atoms with Crippen LogP contribution >= 0.6 is 0 Å². The molecule has 0 N–H and O–H groups in total. The molecule has 2 aromatic heterocycles. The Bertz CT molecular complexity index is 1360. The molecule has 4 aromatic rings. The SMILES string of the molecule is COc1ccc(Cc2nc(-c3cccc(C(=O)N4CCCCCCC4)c3)cn3ccnc23)cc1OC.[HH]. The van der Waals surface area contributed by atoms with E-state index in [1.165, 1.54) is 19.3 Å². The van der Waals surface area contributed by atoms with Crippen molar-refractivity contribution in [2.24, 2.45) is 0 Å². The van der Waals surface area contributed by atoms with Gasteiger partial charge in [-0.2, -0.15) is 0 Å². The van der Waals surface area contributed by atoms with Crippen LogP contribution in [0.15, 0.2) is 61.1 Å². The Labute approximate surface area is 213 Å². The van der Waals surface area contributed by atoms with Crippen molar-refractivity contribution in [2.45, 2.75) is 38.5 Å². The Morgan fingerprint density at radius 3 is 2.53 bits per heavy atom. The number of benzene rings is 2. The van der Waals surface area contributed by atoms with Crippen LogP contribution in [0.4, 0.5) is 0 Å². The lowest BCUT2D eigenvalue weighted by Gasteiger charge is -2.25. The quantitative estimate of drug-likeness (QED) is 0.352. The minimum atomic E-state index is 0. The monoisotopic (exact) mass is 486 g/mol. The van der Waals surface area contributed by atoms with Crippen molar-refractivity contribution in [1.29, 1.82) is 0 Å². The average Bonchev–Trinajstić information content (AvgIpc) is 3.37. The molecule has 0 atom stereocenters. The molecule has 1 saturated heterocycles. The molecular formula is C29H34N4O3. The lowest BCUT2D eigenvalue weighted by atomic mass is 10.0. The van der Waals surface area contributed by atoms with Crippen molar-refractivity contribution in [1.82, 2.24) is 19.3 Å². The summed E-state index contributed by atoms with van der Waals surface area (Å²) in [6, 6.07) is 13.7. The van der Waals surface area contributed by atoms with E-state index in [-0.39, 0.29) is 7.33 Å². The lowest BCUT2D eigenvalue weighted by molar-refractivity contribution is 0.0742. The van der Waals surface area contributed by atoms with E-state index >= 15 is 0 Å². The van der Waals surface area contributed by atoms with E-state index in [1.807, 2.05) is 64.2 Å². The summed E-state index contributed by atoms with van der Waals surface area (Å²) in [7, 11) is 3.26. The highest BCUT2D eigenvalue weighted by atomic mass is 16.5. The molecule has 3 heterocycles. The highest BCUT2D eigenvalue weighted by molar-refractivity contribution is 5.95. The van der Waals surface area contributed by atoms with Gasteiger partial charge in [-0.3, -0.25) is 4.79 Å². The van der Waals surface area contributed by atoms with Gasteiger partial charge >= 0.3 is 0 Å². The topological polar surface area (TPSA) is 69.0 Å². The Morgan fingerprint density at radius 2 is 1.75 bits per heavy atom. The highest BCUT2D eigenvalue weighted by Gasteiger charge is 2.18. The summed E-state index contributed by atoms with van der Waals surface area (Å²) in [4.78, 5) is 24.8. The maximum atomic E-state index is 13.3. The molecule has 36 heavy (non-hydrogen) atoms. The van der Waals surface area contributed by atoms with Gasteiger partial charge in [0.25, 0.3) is 5.91 Å². The number of ether oxygens (including phenoxy) is 2. The number of fused-ring (bicyclic) bond motifs is 1. The van der Waals surface area contributed by atoms with Gasteiger partial charge in [-0.1, -0.05) is 37.5 Å². The standard InChI is InChI=1S/C29H32N4O3.H2/c1-35-26-12-11-21(18-27(26)36-2)17-24-28-30-13-16-33(28)20-25(31-24)22-9-8-10-23(19-22)29(34)32-14-6-4-3-5-7-15-32;/h8-13,16,18-20H,3-7,14-15,17H2,1-2H3;1H. The smallest absolute Gasteiger partial charge is 0.253 e. The summed E-state index contributed by atoms with van der Waals surface area (Å²) >= 11 is 0. The molecule has 1 aliphatic heterocycles. The fraction of sp³-hybridized carbons (Fsp3) is 0.345. The zero-order chi connectivity index (χ0) is 24.9. The number of imidazole rings is 1. The first-order valence-electron chi connectivity index (χ1n) is 12.6. The lowest BCUT2D eigenvalue weighted by Crippen LogP contribution is -2.33. The molecule has 1 fully saturated rings. The molecular weight excluding hydrogens is 452 g/mol. The van der Waals surface area contributed by atoms with Gasteiger partial charge < -0.3 is 18.8 Å². The first-order chi connectivity index (χ1) is 17.7. The summed E-state index contributed by atoms with van der Waals surface area (Å²) < 4.78 is 12.8. The predicted octanol–water partition coefficient (Wildman–Crippen LogP) is 5.66. The number of rotatable bonds is 6. The van der Waals surface area contributed by atoms with Crippen molar-refractivity contribution in [2.75, 3.05) is 27.3 Å². The van der Waals surface area contributed by atoms with Crippen LogP contribution in [-0.2, 0) is 6.42 Å². The first kappa shape index (κ1) is 23.9. The van der Waals surface area contributed by atoms with Gasteiger partial charge in [-0.05, 0) is 42.7 Å². The van der Waals surface area contributed by atoms with Crippen LogP contribution < -0.4 is 9.47 Å². The Kier molecular flexibility index (Phi) is 7.16. The third-order valence-electron chi connectivity index (χ3n) is 6.81. The average molecular weight is 487 g/mol. The summed E-state index contributed by atoms with van der Waals surface area (Å²) in [5, 5.41) is 0. The first-order valence-corrected chi connectivity index (χ1v) is 12.6. The molecule has 1 amide bonds. The number of methoxy groups -OCH3 is 2. The number of aromatic nitrogens is 3. The van der Waals surface area contributed by atoms with Gasteiger partial charge in [0.15, 0.2) is 17.1 Å². The molecule has 0 aliphatic carbocycles. The molecule has 7 heteroatoms. The van der Waals surface area contributed by atoms with Crippen LogP contribution in [0.1, 0.15) is 55.1 Å². The predicted molar refractivity (Wildman–Crippen MR) is 142 cm³/mol. The van der Waals surface area contributed by atoms with Crippen LogP contribution in [-0.4, -0.2) is 52.5 Å². The maximum Gasteiger partial charge on any atom is 0.253 e. The summed E-state index contributed by atoms with van der Waals surface area (Å²) in [5.74, 6) is 1.48. The maximum absolute atomic E-state index is 13.3. The fourth-order valence-corrected chi connectivity index (χ4v) is 4.88. The van der Waals surface area contributed by atoms with Gasteiger partial charge in [0.2, 0.25) is 0 Å². The van der Waals surface area contributed by atoms with Crippen LogP contribution in [0.5, 0.6) is 11.5 Å². The number of likely N-dealkylation sites (tertiary alicyclic amines) is 1. The largest absolute Gasteiger partial charge is 0.493 e. The molecule has 5 rings (SSSR count). The number of amides is 1. The normalized spacial score (nSPS) is 14.3. The van der Waals surface area contributed by atoms with E-state index in [9.17, 15) is 4.79 Å². The van der Waals surface area contributed by atoms with Crippen molar-refractivity contribution >= 4 is 11.6 Å². The van der Waals surface area contributed by atoms with Crippen molar-refractivity contribution < 1.29 is 15.7 Å². The molecule has 0 spiro atoms. The summed E-state index contributed by atoms with van der Waals surface area (Å²) in [6.07, 6.45) is 12.1. The number of carbonyl (C=O) groups is 1. The van der Waals surface area contributed by atoms with Gasteiger partial charge in [0, 0.05) is 50.7 Å². The van der Waals surface area contributed by atoms with Crippen molar-refractivity contribution in [3.8, 4) is 22.8 Å². The van der Waals surface area contributed by atoms with Gasteiger partial charge in [0.1, 0.15) is 0 Å². The van der Waals surface area contributed by atoms with Crippen LogP contribution in [0.25, 0.3) is 16.9 Å². The minimum Gasteiger partial charge on any atom is -0.493 e. The Balaban J connectivity index is 0.00000320. The van der Waals surface area contributed by atoms with E-state index < -0.39 is 0 Å². The van der Waals surface area contributed by atoms with Crippen LogP contribution in [0.2, 0.25) is 0 Å². The van der Waals surface area contributed by atoms with Crippen molar-refractivity contribution in [3.05, 3.63) is 77.9 Å². The molecule has 1 aliphatic rings. The molecule has 0 unspecified atom stereocenters. The van der Waals surface area contributed by atoms with E-state index in [4.69, 9.17) is 14.5 Å². The van der Waals surface area contributed by atoms with Gasteiger partial charge in [0.05, 0.1) is 25.6 Å². The van der Waals surface area contributed by atoms with E-state index in [2.05, 4.69) is 4.98 Å². The third kappa shape index (κ3) is 5.05. The van der Waals surface area contributed by atoms with Crippen LogP contribution in [0.3, 0.4) is 0 Å². The second kappa shape index (κ2) is 10.8. The Hall–Kier alpha value is -3.87. The van der Waals surface area contributed by atoms with Gasteiger partial charge in [-0.15, -0.1) is 0 Å². The van der Waals surface area contributed by atoms with E-state index in [0.29, 0.717) is 23.5 Å². The zero-order valence-corrected chi connectivity index (χ0v) is 20.9. The van der Waals surface area contributed by atoms with E-state index in [1.54, 1.807) is 20.4 Å². The zero-order valence-electron chi connectivity index (χ0n) is 20.9. The third-order valence-corrected chi connectivity index (χ3v) is 6.81. The van der Waals surface area contributed by atoms with Crippen LogP contribution in [0, 0.1) is 0 Å².